The third-order valence-corrected chi connectivity index (χ3v) is 6.05. The molecule has 1 aromatic heterocycles. The summed E-state index contributed by atoms with van der Waals surface area (Å²) in [7, 11) is 0. The molecule has 1 fully saturated rings. The zero-order chi connectivity index (χ0) is 15.8. The number of thiophene rings is 1. The van der Waals surface area contributed by atoms with Crippen molar-refractivity contribution in [2.24, 2.45) is 0 Å². The van der Waals surface area contributed by atoms with Gasteiger partial charge in [0.05, 0.1) is 17.0 Å². The van der Waals surface area contributed by atoms with Crippen LogP contribution < -0.4 is 5.32 Å². The third-order valence-electron chi connectivity index (χ3n) is 4.84. The number of rotatable bonds is 3. The van der Waals surface area contributed by atoms with Gasteiger partial charge in [-0.3, -0.25) is 4.79 Å². The number of ether oxygens (including phenoxy) is 1. The summed E-state index contributed by atoms with van der Waals surface area (Å²) in [6.45, 7) is 2.85. The monoisotopic (exact) mass is 327 g/mol. The molecular weight excluding hydrogens is 306 g/mol. The Morgan fingerprint density at radius 1 is 1.30 bits per heavy atom. The van der Waals surface area contributed by atoms with Gasteiger partial charge in [0.25, 0.3) is 5.91 Å². The van der Waals surface area contributed by atoms with Crippen molar-refractivity contribution in [2.75, 3.05) is 6.61 Å². The van der Waals surface area contributed by atoms with Gasteiger partial charge in [-0.1, -0.05) is 24.3 Å². The van der Waals surface area contributed by atoms with Crippen LogP contribution in [-0.2, 0) is 17.6 Å². The van der Waals surface area contributed by atoms with Gasteiger partial charge in [0.1, 0.15) is 0 Å². The molecule has 0 radical (unpaired) electrons. The summed E-state index contributed by atoms with van der Waals surface area (Å²) in [5, 5.41) is 3.12. The second kappa shape index (κ2) is 6.10. The zero-order valence-electron chi connectivity index (χ0n) is 13.3. The van der Waals surface area contributed by atoms with Gasteiger partial charge in [0, 0.05) is 11.5 Å². The van der Waals surface area contributed by atoms with E-state index in [0.29, 0.717) is 0 Å². The van der Waals surface area contributed by atoms with Gasteiger partial charge in [0.2, 0.25) is 0 Å². The Kier molecular flexibility index (Phi) is 3.95. The van der Waals surface area contributed by atoms with Crippen LogP contribution in [0.1, 0.15) is 40.6 Å². The summed E-state index contributed by atoms with van der Waals surface area (Å²) in [6.07, 6.45) is 4.38. The fourth-order valence-electron chi connectivity index (χ4n) is 3.55. The first kappa shape index (κ1) is 14.9. The maximum absolute atomic E-state index is 12.6. The van der Waals surface area contributed by atoms with E-state index in [4.69, 9.17) is 4.74 Å². The number of fused-ring (bicyclic) bond motifs is 3. The van der Waals surface area contributed by atoms with Gasteiger partial charge in [0.15, 0.2) is 0 Å². The number of benzene rings is 1. The number of hydrogen-bond donors (Lipinski definition) is 1. The van der Waals surface area contributed by atoms with Crippen LogP contribution in [0.3, 0.4) is 0 Å². The maximum Gasteiger partial charge on any atom is 0.261 e. The lowest BCUT2D eigenvalue weighted by Gasteiger charge is -2.19. The molecule has 2 atom stereocenters. The van der Waals surface area contributed by atoms with Crippen LogP contribution in [0.2, 0.25) is 0 Å². The van der Waals surface area contributed by atoms with E-state index in [1.165, 1.54) is 21.6 Å². The lowest BCUT2D eigenvalue weighted by atomic mass is 9.91. The Hall–Kier alpha value is -1.65. The molecule has 3 nitrogen and oxygen atoms in total. The highest BCUT2D eigenvalue weighted by atomic mass is 32.1. The third kappa shape index (κ3) is 2.81. The highest BCUT2D eigenvalue weighted by Crippen LogP contribution is 2.39. The number of carbonyl (C=O) groups excluding carboxylic acids is 1. The Balaban J connectivity index is 1.55. The largest absolute Gasteiger partial charge is 0.376 e. The van der Waals surface area contributed by atoms with E-state index in [1.807, 2.05) is 6.92 Å². The first-order chi connectivity index (χ1) is 11.2. The molecule has 2 aliphatic rings. The SMILES string of the molecule is C[C@@H](NC(=O)c1cc2c(s1)-c1ccccc1CC2)[C@@H]1CCCO1. The lowest BCUT2D eigenvalue weighted by Crippen LogP contribution is -2.40. The van der Waals surface area contributed by atoms with E-state index in [-0.39, 0.29) is 18.1 Å². The van der Waals surface area contributed by atoms with Crippen LogP contribution in [0.25, 0.3) is 10.4 Å². The summed E-state index contributed by atoms with van der Waals surface area (Å²) >= 11 is 1.62. The van der Waals surface area contributed by atoms with Gasteiger partial charge in [-0.15, -0.1) is 11.3 Å². The standard InChI is InChI=1S/C19H21NO2S/c1-12(16-7-4-10-22-16)20-19(21)17-11-14-9-8-13-5-2-3-6-15(13)18(14)23-17/h2-3,5-6,11-12,16H,4,7-10H2,1H3,(H,20,21)/t12-,16+/m1/s1. The minimum absolute atomic E-state index is 0.0323. The fourth-order valence-corrected chi connectivity index (χ4v) is 4.73. The molecule has 1 aliphatic carbocycles. The summed E-state index contributed by atoms with van der Waals surface area (Å²) in [4.78, 5) is 14.7. The van der Waals surface area contributed by atoms with Gasteiger partial charge < -0.3 is 10.1 Å². The fraction of sp³-hybridized carbons (Fsp3) is 0.421. The van der Waals surface area contributed by atoms with Gasteiger partial charge in [-0.2, -0.15) is 0 Å². The Labute approximate surface area is 140 Å². The average molecular weight is 327 g/mol. The van der Waals surface area contributed by atoms with E-state index < -0.39 is 0 Å². The first-order valence-electron chi connectivity index (χ1n) is 8.36. The van der Waals surface area contributed by atoms with Crippen molar-refractivity contribution in [3.63, 3.8) is 0 Å². The predicted molar refractivity (Wildman–Crippen MR) is 93.1 cm³/mol. The Bertz CT molecular complexity index is 731. The molecule has 4 heteroatoms. The number of carbonyl (C=O) groups is 1. The van der Waals surface area contributed by atoms with Crippen molar-refractivity contribution in [3.05, 3.63) is 46.3 Å². The summed E-state index contributed by atoms with van der Waals surface area (Å²) in [6, 6.07) is 10.7. The topological polar surface area (TPSA) is 38.3 Å². The zero-order valence-corrected chi connectivity index (χ0v) is 14.1. The van der Waals surface area contributed by atoms with Crippen LogP contribution in [0, 0.1) is 0 Å². The van der Waals surface area contributed by atoms with E-state index in [0.717, 1.165) is 37.2 Å². The van der Waals surface area contributed by atoms with Crippen LogP contribution in [0.5, 0.6) is 0 Å². The molecular formula is C19H21NO2S. The molecule has 0 bridgehead atoms. The van der Waals surface area contributed by atoms with E-state index in [2.05, 4.69) is 35.6 Å². The summed E-state index contributed by atoms with van der Waals surface area (Å²) in [5.74, 6) is 0.0323. The molecule has 120 valence electrons. The van der Waals surface area contributed by atoms with Crippen molar-refractivity contribution in [1.29, 1.82) is 0 Å². The van der Waals surface area contributed by atoms with Gasteiger partial charge >= 0.3 is 0 Å². The molecule has 0 unspecified atom stereocenters. The van der Waals surface area contributed by atoms with Crippen molar-refractivity contribution < 1.29 is 9.53 Å². The number of nitrogens with one attached hydrogen (secondary N) is 1. The van der Waals surface area contributed by atoms with Crippen molar-refractivity contribution >= 4 is 17.2 Å². The highest BCUT2D eigenvalue weighted by molar-refractivity contribution is 7.17. The van der Waals surface area contributed by atoms with Gasteiger partial charge in [-0.05, 0) is 55.4 Å². The Morgan fingerprint density at radius 2 is 2.13 bits per heavy atom. The quantitative estimate of drug-likeness (QED) is 0.931. The van der Waals surface area contributed by atoms with E-state index >= 15 is 0 Å². The molecule has 1 N–H and O–H groups in total. The molecule has 0 spiro atoms. The van der Waals surface area contributed by atoms with E-state index in [1.54, 1.807) is 11.3 Å². The number of hydrogen-bond acceptors (Lipinski definition) is 3. The van der Waals surface area contributed by atoms with Crippen molar-refractivity contribution in [1.82, 2.24) is 5.32 Å². The second-order valence-corrected chi connectivity index (χ2v) is 7.49. The first-order valence-corrected chi connectivity index (χ1v) is 9.17. The molecule has 4 rings (SSSR count). The average Bonchev–Trinajstić information content (AvgIpc) is 3.24. The summed E-state index contributed by atoms with van der Waals surface area (Å²) < 4.78 is 5.67. The normalized spacial score (nSPS) is 20.7. The molecule has 2 aromatic rings. The van der Waals surface area contributed by atoms with Crippen LogP contribution in [-0.4, -0.2) is 24.7 Å². The van der Waals surface area contributed by atoms with E-state index in [9.17, 15) is 4.79 Å². The molecule has 23 heavy (non-hydrogen) atoms. The highest BCUT2D eigenvalue weighted by Gasteiger charge is 2.26. The molecule has 1 saturated heterocycles. The van der Waals surface area contributed by atoms with Crippen molar-refractivity contribution in [2.45, 2.75) is 44.8 Å². The lowest BCUT2D eigenvalue weighted by molar-refractivity contribution is 0.0714. The molecule has 1 aliphatic heterocycles. The van der Waals surface area contributed by atoms with Crippen molar-refractivity contribution in [3.8, 4) is 10.4 Å². The molecule has 0 saturated carbocycles. The van der Waals surface area contributed by atoms with Crippen LogP contribution >= 0.6 is 11.3 Å². The Morgan fingerprint density at radius 3 is 2.96 bits per heavy atom. The number of aryl methyl sites for hydroxylation is 2. The second-order valence-electron chi connectivity index (χ2n) is 6.44. The minimum Gasteiger partial charge on any atom is -0.376 e. The molecule has 2 heterocycles. The maximum atomic E-state index is 12.6. The predicted octanol–water partition coefficient (Wildman–Crippen LogP) is 3.81. The molecule has 1 aromatic carbocycles. The van der Waals surface area contributed by atoms with Crippen LogP contribution in [0.4, 0.5) is 0 Å². The smallest absolute Gasteiger partial charge is 0.261 e. The summed E-state index contributed by atoms with van der Waals surface area (Å²) in [5.41, 5.74) is 4.00. The van der Waals surface area contributed by atoms with Gasteiger partial charge in [-0.25, -0.2) is 0 Å². The number of amides is 1. The van der Waals surface area contributed by atoms with Crippen LogP contribution in [0.15, 0.2) is 30.3 Å². The molecule has 1 amide bonds. The minimum atomic E-state index is 0.0323.